The Hall–Kier alpha value is -2.15. The molecule has 0 saturated heterocycles. The van der Waals surface area contributed by atoms with E-state index in [2.05, 4.69) is 9.97 Å². The lowest BCUT2D eigenvalue weighted by molar-refractivity contribution is 0.423. The molecule has 4 heteroatoms. The summed E-state index contributed by atoms with van der Waals surface area (Å²) < 4.78 is 5.50. The van der Waals surface area contributed by atoms with Crippen LogP contribution in [0.15, 0.2) is 30.1 Å². The lowest BCUT2D eigenvalue weighted by Crippen LogP contribution is -1.99. The van der Waals surface area contributed by atoms with Gasteiger partial charge in [0.25, 0.3) is 0 Å². The van der Waals surface area contributed by atoms with Crippen molar-refractivity contribution in [2.24, 2.45) is 0 Å². The van der Waals surface area contributed by atoms with Gasteiger partial charge in [-0.25, -0.2) is 4.98 Å². The maximum atomic E-state index is 8.72. The van der Waals surface area contributed by atoms with Crippen LogP contribution < -0.4 is 4.74 Å². The maximum Gasteiger partial charge on any atom is 0.235 e. The van der Waals surface area contributed by atoms with E-state index in [-0.39, 0.29) is 5.82 Å². The van der Waals surface area contributed by atoms with Crippen molar-refractivity contribution in [2.75, 3.05) is 0 Å². The zero-order chi connectivity index (χ0) is 12.0. The van der Waals surface area contributed by atoms with Crippen LogP contribution in [0, 0.1) is 18.3 Å². The van der Waals surface area contributed by atoms with E-state index in [0.29, 0.717) is 17.3 Å². The number of hydrogen-bond donors (Lipinski definition) is 0. The fourth-order valence-corrected chi connectivity index (χ4v) is 1.12. The van der Waals surface area contributed by atoms with Gasteiger partial charge in [0.1, 0.15) is 11.8 Å². The SMILES string of the molecule is CC=CC(=CC)Oc1cc(C)nc(C#N)n1. The van der Waals surface area contributed by atoms with Crippen molar-refractivity contribution in [3.05, 3.63) is 41.6 Å². The predicted molar refractivity (Wildman–Crippen MR) is 60.7 cm³/mol. The molecule has 1 aromatic heterocycles. The average molecular weight is 215 g/mol. The molecule has 0 unspecified atom stereocenters. The third kappa shape index (κ3) is 3.21. The van der Waals surface area contributed by atoms with Gasteiger partial charge in [-0.1, -0.05) is 6.08 Å². The minimum Gasteiger partial charge on any atom is -0.439 e. The van der Waals surface area contributed by atoms with Crippen LogP contribution in [0.2, 0.25) is 0 Å². The van der Waals surface area contributed by atoms with Gasteiger partial charge in [0.2, 0.25) is 11.7 Å². The summed E-state index contributed by atoms with van der Waals surface area (Å²) in [6, 6.07) is 3.58. The summed E-state index contributed by atoms with van der Waals surface area (Å²) in [7, 11) is 0. The highest BCUT2D eigenvalue weighted by molar-refractivity contribution is 5.24. The second-order valence-corrected chi connectivity index (χ2v) is 3.08. The van der Waals surface area contributed by atoms with Crippen LogP contribution in [0.25, 0.3) is 0 Å². The maximum absolute atomic E-state index is 8.72. The second kappa shape index (κ2) is 5.66. The summed E-state index contributed by atoms with van der Waals surface area (Å²) in [5, 5.41) is 8.72. The lowest BCUT2D eigenvalue weighted by Gasteiger charge is -2.05. The van der Waals surface area contributed by atoms with Gasteiger partial charge in [0.05, 0.1) is 0 Å². The van der Waals surface area contributed by atoms with Crippen molar-refractivity contribution >= 4 is 0 Å². The normalized spacial score (nSPS) is 11.5. The first kappa shape index (κ1) is 11.9. The van der Waals surface area contributed by atoms with E-state index in [9.17, 15) is 0 Å². The first-order chi connectivity index (χ1) is 7.69. The van der Waals surface area contributed by atoms with Crippen LogP contribution in [0.4, 0.5) is 0 Å². The van der Waals surface area contributed by atoms with Crippen molar-refractivity contribution in [2.45, 2.75) is 20.8 Å². The third-order valence-electron chi connectivity index (χ3n) is 1.77. The Balaban J connectivity index is 2.97. The molecule has 1 heterocycles. The Bertz CT molecular complexity index is 470. The van der Waals surface area contributed by atoms with E-state index in [1.807, 2.05) is 38.1 Å². The molecular formula is C12H13N3O. The van der Waals surface area contributed by atoms with Gasteiger partial charge in [-0.05, 0) is 32.9 Å². The molecule has 0 N–H and O–H groups in total. The molecule has 0 saturated carbocycles. The van der Waals surface area contributed by atoms with Gasteiger partial charge in [-0.15, -0.1) is 0 Å². The number of aromatic nitrogens is 2. The first-order valence-electron chi connectivity index (χ1n) is 4.92. The number of rotatable bonds is 3. The van der Waals surface area contributed by atoms with E-state index in [1.165, 1.54) is 0 Å². The summed E-state index contributed by atoms with van der Waals surface area (Å²) >= 11 is 0. The number of allylic oxidation sites excluding steroid dienone is 3. The molecule has 0 spiro atoms. The van der Waals surface area contributed by atoms with Crippen LogP contribution in [-0.2, 0) is 0 Å². The Labute approximate surface area is 94.9 Å². The van der Waals surface area contributed by atoms with Crippen LogP contribution in [0.5, 0.6) is 5.88 Å². The molecule has 0 amide bonds. The van der Waals surface area contributed by atoms with Crippen LogP contribution in [0.3, 0.4) is 0 Å². The molecule has 0 aromatic carbocycles. The molecule has 0 radical (unpaired) electrons. The summed E-state index contributed by atoms with van der Waals surface area (Å²) in [4.78, 5) is 7.89. The molecule has 0 bridgehead atoms. The van der Waals surface area contributed by atoms with Crippen molar-refractivity contribution < 1.29 is 4.74 Å². The number of nitriles is 1. The summed E-state index contributed by atoms with van der Waals surface area (Å²) in [6.45, 7) is 5.56. The standard InChI is InChI=1S/C12H13N3O/c1-4-6-10(5-2)16-12-7-9(3)14-11(8-13)15-12/h4-7H,1-3H3. The van der Waals surface area contributed by atoms with Crippen molar-refractivity contribution in [1.29, 1.82) is 5.26 Å². The largest absolute Gasteiger partial charge is 0.439 e. The van der Waals surface area contributed by atoms with Crippen molar-refractivity contribution in [1.82, 2.24) is 9.97 Å². The predicted octanol–water partition coefficient (Wildman–Crippen LogP) is 2.52. The molecule has 0 fully saturated rings. The van der Waals surface area contributed by atoms with Crippen LogP contribution in [-0.4, -0.2) is 9.97 Å². The molecule has 0 aliphatic heterocycles. The number of ether oxygens (including phenoxy) is 1. The van der Waals surface area contributed by atoms with Gasteiger partial charge >= 0.3 is 0 Å². The van der Waals surface area contributed by atoms with Gasteiger partial charge in [-0.2, -0.15) is 10.2 Å². The van der Waals surface area contributed by atoms with Gasteiger partial charge < -0.3 is 4.74 Å². The molecule has 0 aliphatic carbocycles. The fraction of sp³-hybridized carbons (Fsp3) is 0.250. The van der Waals surface area contributed by atoms with Crippen molar-refractivity contribution in [3.63, 3.8) is 0 Å². The highest BCUT2D eigenvalue weighted by Gasteiger charge is 2.03. The lowest BCUT2D eigenvalue weighted by atomic mass is 10.4. The molecule has 1 rings (SSSR count). The van der Waals surface area contributed by atoms with Crippen molar-refractivity contribution in [3.8, 4) is 11.9 Å². The van der Waals surface area contributed by atoms with Crippen LogP contribution >= 0.6 is 0 Å². The molecule has 16 heavy (non-hydrogen) atoms. The molecular weight excluding hydrogens is 202 g/mol. The smallest absolute Gasteiger partial charge is 0.235 e. The summed E-state index contributed by atoms with van der Waals surface area (Å²) in [5.41, 5.74) is 0.706. The van der Waals surface area contributed by atoms with E-state index in [0.717, 1.165) is 0 Å². The summed E-state index contributed by atoms with van der Waals surface area (Å²) in [5.74, 6) is 1.19. The quantitative estimate of drug-likeness (QED) is 0.574. The Morgan fingerprint density at radius 3 is 2.75 bits per heavy atom. The van der Waals surface area contributed by atoms with Gasteiger partial charge in [0, 0.05) is 11.8 Å². The number of nitrogens with zero attached hydrogens (tertiary/aromatic N) is 3. The molecule has 82 valence electrons. The van der Waals surface area contributed by atoms with Gasteiger partial charge in [0.15, 0.2) is 0 Å². The molecule has 0 aliphatic rings. The Morgan fingerprint density at radius 2 is 2.19 bits per heavy atom. The van der Waals surface area contributed by atoms with E-state index in [1.54, 1.807) is 13.0 Å². The minimum atomic E-state index is 0.117. The highest BCUT2D eigenvalue weighted by atomic mass is 16.5. The van der Waals surface area contributed by atoms with Gasteiger partial charge in [-0.3, -0.25) is 0 Å². The highest BCUT2D eigenvalue weighted by Crippen LogP contribution is 2.12. The molecule has 1 aromatic rings. The number of hydrogen-bond acceptors (Lipinski definition) is 4. The van der Waals surface area contributed by atoms with E-state index in [4.69, 9.17) is 10.00 Å². The topological polar surface area (TPSA) is 58.8 Å². The van der Waals surface area contributed by atoms with Crippen LogP contribution in [0.1, 0.15) is 25.4 Å². The fourth-order valence-electron chi connectivity index (χ4n) is 1.12. The average Bonchev–Trinajstić information content (AvgIpc) is 2.27. The second-order valence-electron chi connectivity index (χ2n) is 3.08. The molecule has 4 nitrogen and oxygen atoms in total. The first-order valence-corrected chi connectivity index (χ1v) is 4.92. The Morgan fingerprint density at radius 1 is 1.44 bits per heavy atom. The zero-order valence-corrected chi connectivity index (χ0v) is 9.56. The molecule has 0 atom stereocenters. The van der Waals surface area contributed by atoms with E-state index < -0.39 is 0 Å². The van der Waals surface area contributed by atoms with E-state index >= 15 is 0 Å². The minimum absolute atomic E-state index is 0.117. The third-order valence-corrected chi connectivity index (χ3v) is 1.77. The number of aryl methyl sites for hydroxylation is 1. The summed E-state index contributed by atoms with van der Waals surface area (Å²) in [6.07, 6.45) is 5.52. The monoisotopic (exact) mass is 215 g/mol. The zero-order valence-electron chi connectivity index (χ0n) is 9.56. The Kier molecular flexibility index (Phi) is 4.22.